The van der Waals surface area contributed by atoms with Gasteiger partial charge in [-0.2, -0.15) is 0 Å². The van der Waals surface area contributed by atoms with Crippen molar-refractivity contribution in [3.05, 3.63) is 89.5 Å². The number of nitrogens with zero attached hydrogens (tertiary/aromatic N) is 1. The Kier molecular flexibility index (Phi) is 7.15. The molecule has 1 aliphatic carbocycles. The first kappa shape index (κ1) is 24.0. The molecule has 180 valence electrons. The highest BCUT2D eigenvalue weighted by molar-refractivity contribution is 5.98. The van der Waals surface area contributed by atoms with Gasteiger partial charge in [0, 0.05) is 25.1 Å². The number of carboxylic acids is 1. The van der Waals surface area contributed by atoms with Crippen LogP contribution in [-0.2, 0) is 14.3 Å². The number of carbonyl (C=O) groups is 3. The van der Waals surface area contributed by atoms with Crippen LogP contribution in [0.4, 0.5) is 10.5 Å². The topological polar surface area (TPSA) is 95.9 Å². The van der Waals surface area contributed by atoms with Crippen molar-refractivity contribution in [2.75, 3.05) is 18.6 Å². The molecule has 1 unspecified atom stereocenters. The summed E-state index contributed by atoms with van der Waals surface area (Å²) in [5.74, 6) is -1.57. The first-order valence-electron chi connectivity index (χ1n) is 11.5. The van der Waals surface area contributed by atoms with Crippen LogP contribution in [0.25, 0.3) is 11.1 Å². The SMILES string of the molecule is Cc1cccc(N(C)C(=O)C(CCC(=O)O)NC(=O)OCC2c3ccccc3-c3ccccc32)c1. The average Bonchev–Trinajstić information content (AvgIpc) is 3.18. The molecule has 0 spiro atoms. The Labute approximate surface area is 204 Å². The largest absolute Gasteiger partial charge is 0.481 e. The summed E-state index contributed by atoms with van der Waals surface area (Å²) in [6.45, 7) is 2.02. The van der Waals surface area contributed by atoms with Gasteiger partial charge in [-0.25, -0.2) is 4.79 Å². The third-order valence-electron chi connectivity index (χ3n) is 6.30. The molecule has 0 fully saturated rings. The number of benzene rings is 3. The Balaban J connectivity index is 1.46. The molecule has 2 N–H and O–H groups in total. The van der Waals surface area contributed by atoms with Crippen molar-refractivity contribution >= 4 is 23.7 Å². The van der Waals surface area contributed by atoms with Crippen molar-refractivity contribution in [2.24, 2.45) is 0 Å². The maximum absolute atomic E-state index is 13.2. The first-order chi connectivity index (χ1) is 16.8. The third kappa shape index (κ3) is 5.35. The van der Waals surface area contributed by atoms with Crippen molar-refractivity contribution in [2.45, 2.75) is 31.7 Å². The van der Waals surface area contributed by atoms with E-state index in [9.17, 15) is 14.4 Å². The second kappa shape index (κ2) is 10.4. The zero-order valence-corrected chi connectivity index (χ0v) is 19.7. The molecule has 0 aromatic heterocycles. The normalized spacial score (nSPS) is 12.9. The van der Waals surface area contributed by atoms with Gasteiger partial charge in [-0.15, -0.1) is 0 Å². The second-order valence-electron chi connectivity index (χ2n) is 8.69. The van der Waals surface area contributed by atoms with E-state index in [2.05, 4.69) is 17.4 Å². The molecule has 1 aliphatic rings. The number of nitrogens with one attached hydrogen (secondary N) is 1. The summed E-state index contributed by atoms with van der Waals surface area (Å²) < 4.78 is 5.56. The minimum absolute atomic E-state index is 0.0471. The van der Waals surface area contributed by atoms with E-state index in [0.717, 1.165) is 27.8 Å². The molecule has 7 heteroatoms. The summed E-state index contributed by atoms with van der Waals surface area (Å²) in [7, 11) is 1.60. The fourth-order valence-corrected chi connectivity index (χ4v) is 4.51. The smallest absolute Gasteiger partial charge is 0.407 e. The van der Waals surface area contributed by atoms with Gasteiger partial charge in [0.2, 0.25) is 5.91 Å². The molecule has 0 bridgehead atoms. The molecule has 0 aliphatic heterocycles. The van der Waals surface area contributed by atoms with E-state index in [4.69, 9.17) is 9.84 Å². The molecule has 0 heterocycles. The van der Waals surface area contributed by atoms with Crippen LogP contribution in [0, 0.1) is 6.92 Å². The van der Waals surface area contributed by atoms with Crippen LogP contribution in [0.3, 0.4) is 0 Å². The number of fused-ring (bicyclic) bond motifs is 3. The number of alkyl carbamates (subject to hydrolysis) is 1. The van der Waals surface area contributed by atoms with Crippen LogP contribution >= 0.6 is 0 Å². The van der Waals surface area contributed by atoms with Crippen LogP contribution in [0.1, 0.15) is 35.4 Å². The third-order valence-corrected chi connectivity index (χ3v) is 6.30. The predicted molar refractivity (Wildman–Crippen MR) is 133 cm³/mol. The van der Waals surface area contributed by atoms with Crippen LogP contribution in [0.5, 0.6) is 0 Å². The Hall–Kier alpha value is -4.13. The highest BCUT2D eigenvalue weighted by Crippen LogP contribution is 2.44. The molecule has 2 amide bonds. The van der Waals surface area contributed by atoms with E-state index in [0.29, 0.717) is 5.69 Å². The molecule has 4 rings (SSSR count). The van der Waals surface area contributed by atoms with Crippen LogP contribution in [-0.4, -0.2) is 42.8 Å². The summed E-state index contributed by atoms with van der Waals surface area (Å²) in [4.78, 5) is 38.5. The Bertz CT molecular complexity index is 1210. The van der Waals surface area contributed by atoms with E-state index in [1.54, 1.807) is 13.1 Å². The van der Waals surface area contributed by atoms with E-state index in [-0.39, 0.29) is 25.4 Å². The highest BCUT2D eigenvalue weighted by atomic mass is 16.5. The number of aryl methyl sites for hydroxylation is 1. The van der Waals surface area contributed by atoms with E-state index in [1.165, 1.54) is 4.90 Å². The van der Waals surface area contributed by atoms with Gasteiger partial charge in [-0.3, -0.25) is 9.59 Å². The van der Waals surface area contributed by atoms with Gasteiger partial charge in [0.1, 0.15) is 12.6 Å². The van der Waals surface area contributed by atoms with Crippen LogP contribution < -0.4 is 10.2 Å². The minimum Gasteiger partial charge on any atom is -0.481 e. The molecule has 0 saturated heterocycles. The molecular weight excluding hydrogens is 444 g/mol. The van der Waals surface area contributed by atoms with Gasteiger partial charge < -0.3 is 20.1 Å². The molecular formula is C28H28N2O5. The minimum atomic E-state index is -1.05. The van der Waals surface area contributed by atoms with E-state index < -0.39 is 24.0 Å². The lowest BCUT2D eigenvalue weighted by Gasteiger charge is -2.25. The Morgan fingerprint density at radius 1 is 0.971 bits per heavy atom. The van der Waals surface area contributed by atoms with E-state index >= 15 is 0 Å². The fraction of sp³-hybridized carbons (Fsp3) is 0.250. The summed E-state index contributed by atoms with van der Waals surface area (Å²) in [5.41, 5.74) is 6.04. The quantitative estimate of drug-likeness (QED) is 0.494. The van der Waals surface area contributed by atoms with Crippen LogP contribution in [0.15, 0.2) is 72.8 Å². The molecule has 7 nitrogen and oxygen atoms in total. The highest BCUT2D eigenvalue weighted by Gasteiger charge is 2.30. The number of hydrogen-bond donors (Lipinski definition) is 2. The fourth-order valence-electron chi connectivity index (χ4n) is 4.51. The number of rotatable bonds is 8. The number of carboxylic acid groups (broad SMARTS) is 1. The molecule has 35 heavy (non-hydrogen) atoms. The summed E-state index contributed by atoms with van der Waals surface area (Å²) in [6, 6.07) is 22.4. The van der Waals surface area contributed by atoms with Gasteiger partial charge in [0.05, 0.1) is 0 Å². The average molecular weight is 473 g/mol. The molecule has 0 radical (unpaired) electrons. The van der Waals surface area contributed by atoms with Crippen molar-refractivity contribution in [3.63, 3.8) is 0 Å². The van der Waals surface area contributed by atoms with E-state index in [1.807, 2.05) is 61.5 Å². The maximum Gasteiger partial charge on any atom is 0.407 e. The molecule has 3 aromatic carbocycles. The number of hydrogen-bond acceptors (Lipinski definition) is 4. The van der Waals surface area contributed by atoms with Gasteiger partial charge in [-0.05, 0) is 53.3 Å². The van der Waals surface area contributed by atoms with Crippen LogP contribution in [0.2, 0.25) is 0 Å². The van der Waals surface area contributed by atoms with Crippen molar-refractivity contribution in [1.29, 1.82) is 0 Å². The molecule has 1 atom stereocenters. The monoisotopic (exact) mass is 472 g/mol. The number of aliphatic carboxylic acids is 1. The summed E-state index contributed by atoms with van der Waals surface area (Å²) in [6.07, 6.45) is -1.07. The lowest BCUT2D eigenvalue weighted by Crippen LogP contribution is -2.48. The van der Waals surface area contributed by atoms with Crippen molar-refractivity contribution in [3.8, 4) is 11.1 Å². The Morgan fingerprint density at radius 3 is 2.20 bits per heavy atom. The van der Waals surface area contributed by atoms with Gasteiger partial charge in [0.25, 0.3) is 0 Å². The first-order valence-corrected chi connectivity index (χ1v) is 11.5. The number of ether oxygens (including phenoxy) is 1. The molecule has 0 saturated carbocycles. The number of anilines is 1. The number of likely N-dealkylation sites (N-methyl/N-ethyl adjacent to an activating group) is 1. The predicted octanol–water partition coefficient (Wildman–Crippen LogP) is 4.73. The van der Waals surface area contributed by atoms with Gasteiger partial charge in [0.15, 0.2) is 0 Å². The summed E-state index contributed by atoms with van der Waals surface area (Å²) >= 11 is 0. The van der Waals surface area contributed by atoms with Gasteiger partial charge >= 0.3 is 12.1 Å². The lowest BCUT2D eigenvalue weighted by molar-refractivity contribution is -0.137. The number of amides is 2. The summed E-state index contributed by atoms with van der Waals surface area (Å²) in [5, 5.41) is 11.7. The maximum atomic E-state index is 13.2. The molecule has 3 aromatic rings. The van der Waals surface area contributed by atoms with Crippen molar-refractivity contribution < 1.29 is 24.2 Å². The van der Waals surface area contributed by atoms with Crippen molar-refractivity contribution in [1.82, 2.24) is 5.32 Å². The zero-order valence-electron chi connectivity index (χ0n) is 19.7. The standard InChI is InChI=1S/C28H28N2O5/c1-18-8-7-9-19(16-18)30(2)27(33)25(14-15-26(31)32)29-28(34)35-17-24-22-12-5-3-10-20(22)21-11-4-6-13-23(21)24/h3-13,16,24-25H,14-15,17H2,1-2H3,(H,29,34)(H,31,32). The lowest BCUT2D eigenvalue weighted by atomic mass is 9.98. The van der Waals surface area contributed by atoms with Gasteiger partial charge in [-0.1, -0.05) is 60.7 Å². The zero-order chi connectivity index (χ0) is 24.9. The number of carbonyl (C=O) groups excluding carboxylic acids is 2. The second-order valence-corrected chi connectivity index (χ2v) is 8.69. The Morgan fingerprint density at radius 2 is 1.60 bits per heavy atom.